The van der Waals surface area contributed by atoms with Gasteiger partial charge in [0.25, 0.3) is 0 Å². The molecule has 0 amide bonds. The predicted molar refractivity (Wildman–Crippen MR) is 46.9 cm³/mol. The summed E-state index contributed by atoms with van der Waals surface area (Å²) < 4.78 is 4.56. The number of carboxylic acid groups (broad SMARTS) is 1. The summed E-state index contributed by atoms with van der Waals surface area (Å²) in [5.41, 5.74) is 0. The first kappa shape index (κ1) is 11.6. The van der Waals surface area contributed by atoms with Crippen molar-refractivity contribution in [2.75, 3.05) is 13.2 Å². The number of carbonyl (C=O) groups excluding carboxylic acids is 1. The largest absolute Gasteiger partial charge is 0.481 e. The zero-order valence-electron chi connectivity index (χ0n) is 7.52. The number of carbonyl (C=O) groups is 2. The molecule has 0 radical (unpaired) electrons. The van der Waals surface area contributed by atoms with Crippen LogP contribution in [0, 0.1) is 0 Å². The Hall–Kier alpha value is -1.39. The molecule has 0 aromatic carbocycles. The van der Waals surface area contributed by atoms with Crippen LogP contribution in [-0.4, -0.2) is 36.4 Å². The number of nitrogens with zero attached hydrogens (tertiary/aromatic N) is 1. The molecule has 0 bridgehead atoms. The van der Waals surface area contributed by atoms with Gasteiger partial charge in [0.1, 0.15) is 6.21 Å². The molecule has 5 heteroatoms. The zero-order valence-corrected chi connectivity index (χ0v) is 7.52. The third kappa shape index (κ3) is 8.52. The molecule has 0 heterocycles. The summed E-state index contributed by atoms with van der Waals surface area (Å²) in [7, 11) is 0. The van der Waals surface area contributed by atoms with E-state index in [-0.39, 0.29) is 6.42 Å². The van der Waals surface area contributed by atoms with E-state index in [4.69, 9.17) is 5.11 Å². The Morgan fingerprint density at radius 1 is 1.54 bits per heavy atom. The zero-order chi connectivity index (χ0) is 10.1. The number of ether oxygens (including phenoxy) is 1. The first-order valence-corrected chi connectivity index (χ1v) is 4.05. The van der Waals surface area contributed by atoms with Gasteiger partial charge in [0.2, 0.25) is 0 Å². The molecule has 0 saturated carbocycles. The molecule has 0 fully saturated rings. The van der Waals surface area contributed by atoms with Gasteiger partial charge in [0, 0.05) is 13.0 Å². The molecule has 0 atom stereocenters. The highest BCUT2D eigenvalue weighted by molar-refractivity contribution is 6.23. The third-order valence-electron chi connectivity index (χ3n) is 1.16. The summed E-state index contributed by atoms with van der Waals surface area (Å²) in [5.74, 6) is -1.34. The van der Waals surface area contributed by atoms with Gasteiger partial charge in [-0.15, -0.1) is 0 Å². The maximum Gasteiger partial charge on any atom is 0.348 e. The molecular formula is C8H13NO4. The van der Waals surface area contributed by atoms with Gasteiger partial charge >= 0.3 is 11.9 Å². The van der Waals surface area contributed by atoms with E-state index in [1.54, 1.807) is 6.92 Å². The second kappa shape index (κ2) is 7.27. The fraction of sp³-hybridized carbons (Fsp3) is 0.625. The van der Waals surface area contributed by atoms with Gasteiger partial charge in [0.05, 0.1) is 6.61 Å². The van der Waals surface area contributed by atoms with Gasteiger partial charge < -0.3 is 9.84 Å². The molecule has 0 aromatic heterocycles. The Bertz CT molecular complexity index is 200. The van der Waals surface area contributed by atoms with Crippen molar-refractivity contribution in [3.05, 3.63) is 0 Å². The Balaban J connectivity index is 3.40. The number of rotatable bonds is 6. The minimum Gasteiger partial charge on any atom is -0.481 e. The van der Waals surface area contributed by atoms with Crippen molar-refractivity contribution in [2.45, 2.75) is 19.8 Å². The Labute approximate surface area is 76.4 Å². The molecule has 5 nitrogen and oxygen atoms in total. The number of hydrogen-bond acceptors (Lipinski definition) is 4. The van der Waals surface area contributed by atoms with Gasteiger partial charge in [-0.25, -0.2) is 4.79 Å². The smallest absolute Gasteiger partial charge is 0.348 e. The van der Waals surface area contributed by atoms with Crippen molar-refractivity contribution in [3.63, 3.8) is 0 Å². The van der Waals surface area contributed by atoms with Crippen LogP contribution in [0.1, 0.15) is 19.8 Å². The first-order chi connectivity index (χ1) is 6.16. The van der Waals surface area contributed by atoms with E-state index in [1.807, 2.05) is 0 Å². The topological polar surface area (TPSA) is 76.0 Å². The van der Waals surface area contributed by atoms with E-state index in [0.29, 0.717) is 19.6 Å². The summed E-state index contributed by atoms with van der Waals surface area (Å²) in [6, 6.07) is 0. The third-order valence-corrected chi connectivity index (χ3v) is 1.16. The fourth-order valence-corrected chi connectivity index (χ4v) is 0.640. The van der Waals surface area contributed by atoms with Gasteiger partial charge in [-0.2, -0.15) is 0 Å². The van der Waals surface area contributed by atoms with Crippen LogP contribution in [0.25, 0.3) is 0 Å². The number of carboxylic acids is 1. The summed E-state index contributed by atoms with van der Waals surface area (Å²) in [4.78, 5) is 24.4. The Morgan fingerprint density at radius 3 is 2.77 bits per heavy atom. The molecular weight excluding hydrogens is 174 g/mol. The van der Waals surface area contributed by atoms with Crippen molar-refractivity contribution < 1.29 is 19.4 Å². The first-order valence-electron chi connectivity index (χ1n) is 4.05. The van der Waals surface area contributed by atoms with Crippen LogP contribution in [0.2, 0.25) is 0 Å². The highest BCUT2D eigenvalue weighted by Crippen LogP contribution is 1.88. The highest BCUT2D eigenvalue weighted by Gasteiger charge is 1.96. The molecule has 0 aliphatic heterocycles. The molecule has 0 aliphatic rings. The van der Waals surface area contributed by atoms with Crippen LogP contribution in [0.4, 0.5) is 0 Å². The lowest BCUT2D eigenvalue weighted by atomic mass is 10.3. The maximum absolute atomic E-state index is 10.7. The Kier molecular flexibility index (Phi) is 6.49. The second-order valence-electron chi connectivity index (χ2n) is 2.28. The van der Waals surface area contributed by atoms with Crippen molar-refractivity contribution in [3.8, 4) is 0 Å². The summed E-state index contributed by atoms with van der Waals surface area (Å²) >= 11 is 0. The van der Waals surface area contributed by atoms with E-state index in [0.717, 1.165) is 6.21 Å². The van der Waals surface area contributed by atoms with Gasteiger partial charge in [-0.3, -0.25) is 9.79 Å². The average molecular weight is 187 g/mol. The molecule has 0 saturated heterocycles. The summed E-state index contributed by atoms with van der Waals surface area (Å²) in [5, 5.41) is 8.26. The lowest BCUT2D eigenvalue weighted by molar-refractivity contribution is -0.137. The highest BCUT2D eigenvalue weighted by atomic mass is 16.5. The van der Waals surface area contributed by atoms with E-state index >= 15 is 0 Å². The van der Waals surface area contributed by atoms with Crippen LogP contribution >= 0.6 is 0 Å². The van der Waals surface area contributed by atoms with Crippen LogP contribution in [0.15, 0.2) is 4.99 Å². The number of aliphatic carboxylic acids is 1. The average Bonchev–Trinajstić information content (AvgIpc) is 2.03. The van der Waals surface area contributed by atoms with E-state index < -0.39 is 11.9 Å². The van der Waals surface area contributed by atoms with Gasteiger partial charge in [-0.05, 0) is 13.3 Å². The normalized spacial score (nSPS) is 10.2. The number of esters is 1. The standard InChI is InChI=1S/C8H13NO4/c1-2-13-8(12)6-9-5-3-4-7(10)11/h6H,2-5H2,1H3,(H,10,11)/b9-6+. The molecule has 0 unspecified atom stereocenters. The molecule has 1 N–H and O–H groups in total. The van der Waals surface area contributed by atoms with Crippen LogP contribution in [-0.2, 0) is 14.3 Å². The molecule has 74 valence electrons. The molecule has 0 aliphatic carbocycles. The fourth-order valence-electron chi connectivity index (χ4n) is 0.640. The molecule has 0 spiro atoms. The SMILES string of the molecule is CCOC(=O)/C=N/CCCC(=O)O. The maximum atomic E-state index is 10.7. The molecule has 0 aromatic rings. The van der Waals surface area contributed by atoms with E-state index in [2.05, 4.69) is 9.73 Å². The monoisotopic (exact) mass is 187 g/mol. The van der Waals surface area contributed by atoms with Crippen molar-refractivity contribution >= 4 is 18.2 Å². The lowest BCUT2D eigenvalue weighted by Crippen LogP contribution is -2.05. The number of hydrogen-bond donors (Lipinski definition) is 1. The minimum absolute atomic E-state index is 0.0696. The van der Waals surface area contributed by atoms with E-state index in [1.165, 1.54) is 0 Å². The lowest BCUT2D eigenvalue weighted by Gasteiger charge is -1.94. The van der Waals surface area contributed by atoms with Crippen LogP contribution in [0.3, 0.4) is 0 Å². The summed E-state index contributed by atoms with van der Waals surface area (Å²) in [6.07, 6.45) is 1.58. The van der Waals surface area contributed by atoms with Crippen LogP contribution in [0.5, 0.6) is 0 Å². The predicted octanol–water partition coefficient (Wildman–Crippen LogP) is 0.485. The minimum atomic E-state index is -0.855. The quantitative estimate of drug-likeness (QED) is 0.373. The second-order valence-corrected chi connectivity index (χ2v) is 2.28. The summed E-state index contributed by atoms with van der Waals surface area (Å²) in [6.45, 7) is 2.36. The van der Waals surface area contributed by atoms with Gasteiger partial charge in [0.15, 0.2) is 0 Å². The van der Waals surface area contributed by atoms with E-state index in [9.17, 15) is 9.59 Å². The van der Waals surface area contributed by atoms with Crippen molar-refractivity contribution in [1.29, 1.82) is 0 Å². The van der Waals surface area contributed by atoms with Crippen LogP contribution < -0.4 is 0 Å². The van der Waals surface area contributed by atoms with Crippen molar-refractivity contribution in [1.82, 2.24) is 0 Å². The van der Waals surface area contributed by atoms with Gasteiger partial charge in [-0.1, -0.05) is 0 Å². The molecule has 13 heavy (non-hydrogen) atoms. The molecule has 0 rings (SSSR count). The number of aliphatic imine (C=N–C) groups is 1. The Morgan fingerprint density at radius 2 is 2.23 bits per heavy atom. The van der Waals surface area contributed by atoms with Crippen molar-refractivity contribution in [2.24, 2.45) is 4.99 Å².